The lowest BCUT2D eigenvalue weighted by Gasteiger charge is -1.95. The highest BCUT2D eigenvalue weighted by molar-refractivity contribution is 7.86. The molecular weight excluding hydrogens is 466 g/mol. The van der Waals surface area contributed by atoms with Crippen LogP contribution in [0.2, 0.25) is 0 Å². The first-order chi connectivity index (χ1) is 14.6. The monoisotopic (exact) mass is 494 g/mol. The lowest BCUT2D eigenvalue weighted by molar-refractivity contribution is 0.467. The summed E-state index contributed by atoms with van der Waals surface area (Å²) in [6, 6.07) is 11.7. The Morgan fingerprint density at radius 1 is 0.688 bits per heavy atom. The first-order valence-corrected chi connectivity index (χ1v) is 12.4. The van der Waals surface area contributed by atoms with Gasteiger partial charge in [0.15, 0.2) is 0 Å². The van der Waals surface area contributed by atoms with E-state index in [2.05, 4.69) is 0 Å². The van der Waals surface area contributed by atoms with Crippen molar-refractivity contribution < 1.29 is 34.7 Å². The van der Waals surface area contributed by atoms with Crippen molar-refractivity contribution in [2.45, 2.75) is 60.9 Å². The normalized spacial score (nSPS) is 23.2. The molecule has 4 rings (SSSR count). The lowest BCUT2D eigenvalue weighted by atomic mass is 10.2. The van der Waals surface area contributed by atoms with Crippen LogP contribution in [-0.2, 0) is 20.2 Å². The molecule has 0 bridgehead atoms. The van der Waals surface area contributed by atoms with Crippen LogP contribution >= 0.6 is 0 Å². The fraction of sp³-hybridized carbons (Fsp3) is 0.400. The molecule has 6 N–H and O–H groups in total. The van der Waals surface area contributed by atoms with Gasteiger partial charge in [-0.15, -0.1) is 0 Å². The minimum atomic E-state index is -4.02. The first-order valence-electron chi connectivity index (χ1n) is 9.49. The number of benzene rings is 2. The van der Waals surface area contributed by atoms with Gasteiger partial charge in [0.25, 0.3) is 20.2 Å². The lowest BCUT2D eigenvalue weighted by Crippen LogP contribution is -2.00. The Bertz CT molecular complexity index is 963. The van der Waals surface area contributed by atoms with Gasteiger partial charge in [0, 0.05) is 12.1 Å². The van der Waals surface area contributed by atoms with Crippen LogP contribution in [-0.4, -0.2) is 50.4 Å². The summed E-state index contributed by atoms with van der Waals surface area (Å²) >= 11 is 0. The number of rotatable bonds is 2. The number of aryl methyl sites for hydroxylation is 2. The van der Waals surface area contributed by atoms with Crippen LogP contribution in [0.5, 0.6) is 0 Å². The molecule has 0 saturated heterocycles. The maximum absolute atomic E-state index is 11.4. The second-order valence-electron chi connectivity index (χ2n) is 7.41. The maximum atomic E-state index is 11.4. The van der Waals surface area contributed by atoms with Crippen molar-refractivity contribution >= 4 is 20.2 Å². The number of nitrogens with two attached hydrogens (primary N) is 2. The second kappa shape index (κ2) is 11.8. The molecule has 0 heterocycles. The summed E-state index contributed by atoms with van der Waals surface area (Å²) in [5, 5.41) is 0. The Kier molecular flexibility index (Phi) is 10.3. The van der Waals surface area contributed by atoms with Gasteiger partial charge in [-0.3, -0.25) is 9.11 Å². The third-order valence-electron chi connectivity index (χ3n) is 4.16. The number of hydrogen-bond acceptors (Lipinski definition) is 6. The summed E-state index contributed by atoms with van der Waals surface area (Å²) in [5.74, 6) is 0. The third-order valence-corrected chi connectivity index (χ3v) is 5.89. The predicted octanol–water partition coefficient (Wildman–Crippen LogP) is 2.59. The molecule has 0 aliphatic heterocycles. The SMILES string of the molecule is Cc1ccc(S(=O)(=O)O)cc1.Cc1ccc(S(=O)(=O)O)cc1.N[C@@H]1C[C@H]1F.N[C@H]1C[C@@H]1F. The van der Waals surface area contributed by atoms with E-state index in [1.807, 2.05) is 13.8 Å². The molecule has 2 fully saturated rings. The van der Waals surface area contributed by atoms with Crippen LogP contribution in [0.4, 0.5) is 8.78 Å². The molecular formula is C20H28F2N2O6S2. The van der Waals surface area contributed by atoms with Crippen LogP contribution in [0.1, 0.15) is 24.0 Å². The molecule has 0 radical (unpaired) electrons. The van der Waals surface area contributed by atoms with E-state index in [1.165, 1.54) is 24.3 Å². The molecule has 2 saturated carbocycles. The maximum Gasteiger partial charge on any atom is 0.294 e. The van der Waals surface area contributed by atoms with E-state index in [9.17, 15) is 25.6 Å². The van der Waals surface area contributed by atoms with Crippen LogP contribution in [0.3, 0.4) is 0 Å². The van der Waals surface area contributed by atoms with Gasteiger partial charge in [0.05, 0.1) is 9.79 Å². The summed E-state index contributed by atoms with van der Waals surface area (Å²) in [6.45, 7) is 3.68. The Labute approximate surface area is 187 Å². The van der Waals surface area contributed by atoms with E-state index in [-0.39, 0.29) is 21.9 Å². The Morgan fingerprint density at radius 2 is 0.875 bits per heavy atom. The van der Waals surface area contributed by atoms with Crippen LogP contribution in [0, 0.1) is 13.8 Å². The first kappa shape index (κ1) is 28.1. The van der Waals surface area contributed by atoms with Gasteiger partial charge >= 0.3 is 0 Å². The van der Waals surface area contributed by atoms with Gasteiger partial charge in [0.2, 0.25) is 0 Å². The molecule has 2 aliphatic carbocycles. The molecule has 2 aliphatic rings. The largest absolute Gasteiger partial charge is 0.325 e. The van der Waals surface area contributed by atoms with Crippen molar-refractivity contribution in [2.75, 3.05) is 0 Å². The fourth-order valence-electron chi connectivity index (χ4n) is 1.78. The van der Waals surface area contributed by atoms with Gasteiger partial charge in [-0.25, -0.2) is 8.78 Å². The second-order valence-corrected chi connectivity index (χ2v) is 10.3. The minimum Gasteiger partial charge on any atom is -0.325 e. The average Bonchev–Trinajstić information content (AvgIpc) is 3.54. The van der Waals surface area contributed by atoms with Crippen molar-refractivity contribution in [3.63, 3.8) is 0 Å². The zero-order chi connectivity index (χ0) is 24.7. The minimum absolute atomic E-state index is 0.0666. The third kappa shape index (κ3) is 11.6. The molecule has 12 heteroatoms. The topological polar surface area (TPSA) is 161 Å². The van der Waals surface area contributed by atoms with E-state index < -0.39 is 32.6 Å². The molecule has 0 spiro atoms. The molecule has 2 aromatic carbocycles. The molecule has 8 nitrogen and oxygen atoms in total. The highest BCUT2D eigenvalue weighted by Crippen LogP contribution is 2.21. The molecule has 0 unspecified atom stereocenters. The number of hydrogen-bond donors (Lipinski definition) is 4. The van der Waals surface area contributed by atoms with Gasteiger partial charge in [-0.05, 0) is 51.0 Å². The summed E-state index contributed by atoms with van der Waals surface area (Å²) in [6.07, 6.45) is -0.176. The summed E-state index contributed by atoms with van der Waals surface area (Å²) in [5.41, 5.74) is 11.9. The molecule has 32 heavy (non-hydrogen) atoms. The Morgan fingerprint density at radius 3 is 1.00 bits per heavy atom. The van der Waals surface area contributed by atoms with Crippen molar-refractivity contribution in [2.24, 2.45) is 11.5 Å². The quantitative estimate of drug-likeness (QED) is 0.463. The van der Waals surface area contributed by atoms with E-state index in [0.29, 0.717) is 12.8 Å². The van der Waals surface area contributed by atoms with E-state index in [4.69, 9.17) is 20.6 Å². The smallest absolute Gasteiger partial charge is 0.294 e. The number of alkyl halides is 2. The van der Waals surface area contributed by atoms with E-state index >= 15 is 0 Å². The van der Waals surface area contributed by atoms with Crippen molar-refractivity contribution in [1.29, 1.82) is 0 Å². The fourth-order valence-corrected chi connectivity index (χ4v) is 2.74. The highest BCUT2D eigenvalue weighted by atomic mass is 32.2. The molecule has 4 atom stereocenters. The number of halogens is 2. The van der Waals surface area contributed by atoms with E-state index in [1.54, 1.807) is 24.3 Å². The van der Waals surface area contributed by atoms with Crippen molar-refractivity contribution in [3.8, 4) is 0 Å². The van der Waals surface area contributed by atoms with E-state index in [0.717, 1.165) is 11.1 Å². The molecule has 0 aromatic heterocycles. The van der Waals surface area contributed by atoms with Crippen molar-refractivity contribution in [3.05, 3.63) is 59.7 Å². The Balaban J connectivity index is 0.000000227. The average molecular weight is 495 g/mol. The summed E-state index contributed by atoms with van der Waals surface area (Å²) in [7, 11) is -8.04. The zero-order valence-corrected chi connectivity index (χ0v) is 19.2. The highest BCUT2D eigenvalue weighted by Gasteiger charge is 2.33. The van der Waals surface area contributed by atoms with Gasteiger partial charge in [0.1, 0.15) is 12.3 Å². The van der Waals surface area contributed by atoms with Crippen molar-refractivity contribution in [1.82, 2.24) is 0 Å². The van der Waals surface area contributed by atoms with Gasteiger partial charge in [-0.1, -0.05) is 35.4 Å². The zero-order valence-electron chi connectivity index (χ0n) is 17.6. The standard InChI is InChI=1S/2C7H8O3S.2C3H6FN/c2*1-6-2-4-7(5-3-6)11(8,9)10;2*4-2-1-3(2)5/h2*2-5H,1H3,(H,8,9,10);2*2-3H,1,5H2/t;;2*2-,3-/m..10/s1. The summed E-state index contributed by atoms with van der Waals surface area (Å²) < 4.78 is 81.9. The molecule has 0 amide bonds. The predicted molar refractivity (Wildman–Crippen MR) is 117 cm³/mol. The van der Waals surface area contributed by atoms with Crippen LogP contribution in [0.15, 0.2) is 58.3 Å². The molecule has 180 valence electrons. The van der Waals surface area contributed by atoms with Gasteiger partial charge in [-0.2, -0.15) is 16.8 Å². The van der Waals surface area contributed by atoms with Crippen LogP contribution < -0.4 is 11.5 Å². The van der Waals surface area contributed by atoms with Crippen LogP contribution in [0.25, 0.3) is 0 Å². The Hall–Kier alpha value is -1.96. The molecule has 2 aromatic rings. The summed E-state index contributed by atoms with van der Waals surface area (Å²) in [4.78, 5) is -0.133. The van der Waals surface area contributed by atoms with Gasteiger partial charge < -0.3 is 11.5 Å².